The summed E-state index contributed by atoms with van der Waals surface area (Å²) < 4.78 is 30.6. The standard InChI is InChI=1S/C28H28N4O6S/c1-31(2)24(33)17-32(39(4,36)37)21-13-11-20(12-14-21)29-26(18-8-6-5-7-9-18)25-22-15-10-19(28(35)38-3)16-23(22)30-27(25)34/h5-16,29H,17H2,1-4H3,(H,30,34). The van der Waals surface area contributed by atoms with Gasteiger partial charge in [-0.25, -0.2) is 13.2 Å². The summed E-state index contributed by atoms with van der Waals surface area (Å²) in [4.78, 5) is 38.7. The van der Waals surface area contributed by atoms with Gasteiger partial charge in [-0.3, -0.25) is 13.9 Å². The van der Waals surface area contributed by atoms with Crippen molar-refractivity contribution in [2.75, 3.05) is 48.9 Å². The quantitative estimate of drug-likeness (QED) is 0.327. The fourth-order valence-corrected chi connectivity index (χ4v) is 4.92. The van der Waals surface area contributed by atoms with Gasteiger partial charge in [0.15, 0.2) is 0 Å². The molecule has 0 fully saturated rings. The lowest BCUT2D eigenvalue weighted by molar-refractivity contribution is -0.127. The number of ether oxygens (including phenoxy) is 1. The van der Waals surface area contributed by atoms with Gasteiger partial charge >= 0.3 is 5.97 Å². The zero-order chi connectivity index (χ0) is 28.3. The lowest BCUT2D eigenvalue weighted by atomic mass is 9.99. The highest BCUT2D eigenvalue weighted by molar-refractivity contribution is 7.92. The molecule has 0 aromatic heterocycles. The van der Waals surface area contributed by atoms with Crippen molar-refractivity contribution in [2.45, 2.75) is 0 Å². The summed E-state index contributed by atoms with van der Waals surface area (Å²) in [5.74, 6) is -1.22. The number of anilines is 3. The zero-order valence-corrected chi connectivity index (χ0v) is 22.7. The molecule has 202 valence electrons. The Kier molecular flexibility index (Phi) is 7.73. The minimum atomic E-state index is -3.72. The molecular formula is C28H28N4O6S. The molecular weight excluding hydrogens is 520 g/mol. The van der Waals surface area contributed by atoms with Gasteiger partial charge in [0.2, 0.25) is 15.9 Å². The summed E-state index contributed by atoms with van der Waals surface area (Å²) in [5, 5.41) is 6.12. The second-order valence-corrected chi connectivity index (χ2v) is 11.0. The molecule has 1 aliphatic heterocycles. The number of hydrogen-bond acceptors (Lipinski definition) is 7. The summed E-state index contributed by atoms with van der Waals surface area (Å²) in [5.41, 5.74) is 3.96. The maximum atomic E-state index is 13.2. The van der Waals surface area contributed by atoms with E-state index in [0.717, 1.165) is 16.1 Å². The van der Waals surface area contributed by atoms with Crippen LogP contribution in [-0.2, 0) is 24.3 Å². The molecule has 0 aliphatic carbocycles. The fraction of sp³-hybridized carbons (Fsp3) is 0.179. The average Bonchev–Trinajstić information content (AvgIpc) is 3.24. The molecule has 3 aromatic carbocycles. The van der Waals surface area contributed by atoms with Crippen molar-refractivity contribution in [3.05, 3.63) is 89.5 Å². The van der Waals surface area contributed by atoms with E-state index >= 15 is 0 Å². The molecule has 0 saturated heterocycles. The molecule has 0 spiro atoms. The number of nitrogens with one attached hydrogen (secondary N) is 2. The third-order valence-corrected chi connectivity index (χ3v) is 7.24. The van der Waals surface area contributed by atoms with E-state index in [1.165, 1.54) is 12.0 Å². The number of carbonyl (C=O) groups is 3. The molecule has 2 N–H and O–H groups in total. The molecule has 4 rings (SSSR count). The fourth-order valence-electron chi connectivity index (χ4n) is 4.07. The van der Waals surface area contributed by atoms with Crippen LogP contribution >= 0.6 is 0 Å². The first kappa shape index (κ1) is 27.4. The molecule has 2 amide bonds. The van der Waals surface area contributed by atoms with Crippen molar-refractivity contribution < 1.29 is 27.5 Å². The topological polar surface area (TPSA) is 125 Å². The van der Waals surface area contributed by atoms with Crippen LogP contribution in [0.1, 0.15) is 21.5 Å². The van der Waals surface area contributed by atoms with Gasteiger partial charge in [0.05, 0.1) is 41.6 Å². The first-order valence-electron chi connectivity index (χ1n) is 11.9. The molecule has 0 atom stereocenters. The van der Waals surface area contributed by atoms with E-state index in [9.17, 15) is 22.8 Å². The molecule has 3 aromatic rings. The predicted octanol–water partition coefficient (Wildman–Crippen LogP) is 3.26. The number of methoxy groups -OCH3 is 1. The number of rotatable bonds is 8. The van der Waals surface area contributed by atoms with Crippen molar-refractivity contribution in [3.8, 4) is 0 Å². The van der Waals surface area contributed by atoms with Crippen LogP contribution in [0.3, 0.4) is 0 Å². The lowest BCUT2D eigenvalue weighted by Crippen LogP contribution is -2.39. The number of esters is 1. The molecule has 0 radical (unpaired) electrons. The second kappa shape index (κ2) is 11.0. The van der Waals surface area contributed by atoms with E-state index in [-0.39, 0.29) is 18.4 Å². The monoisotopic (exact) mass is 548 g/mol. The summed E-state index contributed by atoms with van der Waals surface area (Å²) >= 11 is 0. The number of sulfonamides is 1. The average molecular weight is 549 g/mol. The SMILES string of the molecule is COC(=O)c1ccc2c(c1)NC(=O)C2=C(Nc1ccc(N(CC(=O)N(C)C)S(C)(=O)=O)cc1)c1ccccc1. The number of likely N-dealkylation sites (N-methyl/N-ethyl adjacent to an activating group) is 1. The molecule has 1 heterocycles. The third-order valence-electron chi connectivity index (χ3n) is 6.10. The molecule has 10 nitrogen and oxygen atoms in total. The highest BCUT2D eigenvalue weighted by Gasteiger charge is 2.29. The number of nitrogens with zero attached hydrogens (tertiary/aromatic N) is 2. The maximum Gasteiger partial charge on any atom is 0.337 e. The Morgan fingerprint density at radius 3 is 2.21 bits per heavy atom. The molecule has 0 bridgehead atoms. The highest BCUT2D eigenvalue weighted by atomic mass is 32.2. The van der Waals surface area contributed by atoms with Crippen LogP contribution in [0.5, 0.6) is 0 Å². The molecule has 1 aliphatic rings. The Labute approximate surface area is 226 Å². The van der Waals surface area contributed by atoms with Crippen LogP contribution in [0.15, 0.2) is 72.8 Å². The van der Waals surface area contributed by atoms with Crippen molar-refractivity contribution in [1.29, 1.82) is 0 Å². The van der Waals surface area contributed by atoms with E-state index < -0.39 is 16.0 Å². The summed E-state index contributed by atoms with van der Waals surface area (Å²) in [6, 6.07) is 20.6. The van der Waals surface area contributed by atoms with Gasteiger partial charge in [0.25, 0.3) is 5.91 Å². The molecule has 0 saturated carbocycles. The van der Waals surface area contributed by atoms with Crippen LogP contribution in [0.4, 0.5) is 17.1 Å². The van der Waals surface area contributed by atoms with Crippen molar-refractivity contribution in [3.63, 3.8) is 0 Å². The van der Waals surface area contributed by atoms with Crippen LogP contribution in [0.2, 0.25) is 0 Å². The minimum Gasteiger partial charge on any atom is -0.465 e. The van der Waals surface area contributed by atoms with Crippen molar-refractivity contribution >= 4 is 56.1 Å². The largest absolute Gasteiger partial charge is 0.465 e. The van der Waals surface area contributed by atoms with E-state index in [4.69, 9.17) is 4.74 Å². The lowest BCUT2D eigenvalue weighted by Gasteiger charge is -2.24. The summed E-state index contributed by atoms with van der Waals surface area (Å²) in [6.07, 6.45) is 1.04. The number of hydrogen-bond donors (Lipinski definition) is 2. The number of fused-ring (bicyclic) bond motifs is 1. The Morgan fingerprint density at radius 2 is 1.62 bits per heavy atom. The number of amides is 2. The van der Waals surface area contributed by atoms with Gasteiger partial charge in [-0.2, -0.15) is 0 Å². The first-order valence-corrected chi connectivity index (χ1v) is 13.7. The van der Waals surface area contributed by atoms with Gasteiger partial charge < -0.3 is 20.3 Å². The zero-order valence-electron chi connectivity index (χ0n) is 21.9. The number of carbonyl (C=O) groups excluding carboxylic acids is 3. The van der Waals surface area contributed by atoms with Gasteiger partial charge in [0, 0.05) is 25.3 Å². The van der Waals surface area contributed by atoms with Gasteiger partial charge in [-0.1, -0.05) is 36.4 Å². The van der Waals surface area contributed by atoms with E-state index in [0.29, 0.717) is 39.5 Å². The van der Waals surface area contributed by atoms with E-state index in [1.54, 1.807) is 56.6 Å². The first-order chi connectivity index (χ1) is 18.5. The second-order valence-electron chi connectivity index (χ2n) is 9.05. The third kappa shape index (κ3) is 5.93. The van der Waals surface area contributed by atoms with Crippen molar-refractivity contribution in [1.82, 2.24) is 4.90 Å². The van der Waals surface area contributed by atoms with Gasteiger partial charge in [-0.15, -0.1) is 0 Å². The smallest absolute Gasteiger partial charge is 0.337 e. The Hall–Kier alpha value is -4.64. The Morgan fingerprint density at radius 1 is 0.949 bits per heavy atom. The Balaban J connectivity index is 1.74. The molecule has 39 heavy (non-hydrogen) atoms. The van der Waals surface area contributed by atoms with Gasteiger partial charge in [0.1, 0.15) is 6.54 Å². The van der Waals surface area contributed by atoms with Crippen molar-refractivity contribution in [2.24, 2.45) is 0 Å². The minimum absolute atomic E-state index is 0.311. The maximum absolute atomic E-state index is 13.2. The molecule has 11 heteroatoms. The van der Waals surface area contributed by atoms with Crippen LogP contribution in [0, 0.1) is 0 Å². The van der Waals surface area contributed by atoms with Gasteiger partial charge in [-0.05, 0) is 42.0 Å². The summed E-state index contributed by atoms with van der Waals surface area (Å²) in [7, 11) is 0.684. The normalized spacial score (nSPS) is 13.7. The predicted molar refractivity (Wildman–Crippen MR) is 151 cm³/mol. The van der Waals surface area contributed by atoms with E-state index in [2.05, 4.69) is 10.6 Å². The Bertz CT molecular complexity index is 1570. The van der Waals surface area contributed by atoms with Crippen LogP contribution in [-0.4, -0.2) is 65.1 Å². The van der Waals surface area contributed by atoms with E-state index in [1.807, 2.05) is 30.3 Å². The number of benzene rings is 3. The van der Waals surface area contributed by atoms with Crippen LogP contribution < -0.4 is 14.9 Å². The van der Waals surface area contributed by atoms with Crippen LogP contribution in [0.25, 0.3) is 11.3 Å². The summed E-state index contributed by atoms with van der Waals surface area (Å²) in [6.45, 7) is -0.331. The highest BCUT2D eigenvalue weighted by Crippen LogP contribution is 2.38. The molecule has 0 unspecified atom stereocenters.